The minimum Gasteiger partial charge on any atom is -0.480 e. The van der Waals surface area contributed by atoms with Crippen LogP contribution in [0.3, 0.4) is 0 Å². The fourth-order valence-corrected chi connectivity index (χ4v) is 2.11. The van der Waals surface area contributed by atoms with E-state index in [1.165, 1.54) is 0 Å². The van der Waals surface area contributed by atoms with Crippen molar-refractivity contribution in [1.29, 1.82) is 0 Å². The Labute approximate surface area is 88.5 Å². The first-order valence-electron chi connectivity index (χ1n) is 5.14. The predicted molar refractivity (Wildman–Crippen MR) is 54.4 cm³/mol. The number of carbonyl (C=O) groups is 1. The molecule has 4 heteroatoms. The highest BCUT2D eigenvalue weighted by Gasteiger charge is 2.43. The number of carboxylic acids is 1. The molecule has 1 atom stereocenters. The van der Waals surface area contributed by atoms with E-state index >= 15 is 0 Å². The third-order valence-corrected chi connectivity index (χ3v) is 3.18. The van der Waals surface area contributed by atoms with Gasteiger partial charge in [-0.25, -0.2) is 0 Å². The minimum absolute atomic E-state index is 0.579. The van der Waals surface area contributed by atoms with E-state index in [1.54, 1.807) is 13.2 Å². The van der Waals surface area contributed by atoms with E-state index in [4.69, 9.17) is 4.42 Å². The van der Waals surface area contributed by atoms with E-state index in [1.807, 2.05) is 17.0 Å². The molecule has 1 N–H and O–H groups in total. The normalized spacial score (nSPS) is 27.0. The van der Waals surface area contributed by atoms with E-state index in [2.05, 4.69) is 0 Å². The maximum Gasteiger partial charge on any atom is 0.323 e. The Morgan fingerprint density at radius 2 is 2.53 bits per heavy atom. The molecule has 0 amide bonds. The summed E-state index contributed by atoms with van der Waals surface area (Å²) in [5.41, 5.74) is -0.729. The molecule has 1 aliphatic rings. The monoisotopic (exact) mass is 209 g/mol. The van der Waals surface area contributed by atoms with Gasteiger partial charge < -0.3 is 9.52 Å². The molecule has 15 heavy (non-hydrogen) atoms. The molecule has 0 radical (unpaired) electrons. The van der Waals surface area contributed by atoms with Gasteiger partial charge in [-0.15, -0.1) is 0 Å². The van der Waals surface area contributed by atoms with Gasteiger partial charge >= 0.3 is 5.97 Å². The number of rotatable bonds is 3. The lowest BCUT2D eigenvalue weighted by molar-refractivity contribution is -0.149. The quantitative estimate of drug-likeness (QED) is 0.823. The van der Waals surface area contributed by atoms with Gasteiger partial charge in [0.2, 0.25) is 0 Å². The molecule has 2 heterocycles. The standard InChI is InChI=1S/C11H15NO3/c1-11(10(13)14)5-3-6-12(11)8-9-4-2-7-15-9/h2,4,7H,3,5-6,8H2,1H3,(H,13,14). The molecule has 1 aromatic rings. The van der Waals surface area contributed by atoms with E-state index in [9.17, 15) is 9.90 Å². The molecule has 2 rings (SSSR count). The summed E-state index contributed by atoms with van der Waals surface area (Å²) in [6, 6.07) is 3.70. The summed E-state index contributed by atoms with van der Waals surface area (Å²) in [4.78, 5) is 13.2. The van der Waals surface area contributed by atoms with Gasteiger partial charge in [0.05, 0.1) is 12.8 Å². The highest BCUT2D eigenvalue weighted by Crippen LogP contribution is 2.30. The number of aliphatic carboxylic acids is 1. The topological polar surface area (TPSA) is 53.7 Å². The molecule has 1 unspecified atom stereocenters. The second-order valence-corrected chi connectivity index (χ2v) is 4.18. The van der Waals surface area contributed by atoms with E-state index < -0.39 is 11.5 Å². The van der Waals surface area contributed by atoms with Crippen LogP contribution in [0, 0.1) is 0 Å². The van der Waals surface area contributed by atoms with Crippen molar-refractivity contribution in [1.82, 2.24) is 4.90 Å². The Bertz CT molecular complexity index is 347. The molecule has 4 nitrogen and oxygen atoms in total. The third kappa shape index (κ3) is 1.77. The van der Waals surface area contributed by atoms with Crippen LogP contribution in [0.4, 0.5) is 0 Å². The van der Waals surface area contributed by atoms with Crippen LogP contribution in [0.2, 0.25) is 0 Å². The lowest BCUT2D eigenvalue weighted by Gasteiger charge is -2.30. The lowest BCUT2D eigenvalue weighted by atomic mass is 9.99. The number of nitrogens with zero attached hydrogens (tertiary/aromatic N) is 1. The fourth-order valence-electron chi connectivity index (χ4n) is 2.11. The number of furan rings is 1. The van der Waals surface area contributed by atoms with Gasteiger partial charge in [-0.05, 0) is 38.4 Å². The molecule has 0 bridgehead atoms. The first kappa shape index (κ1) is 10.2. The highest BCUT2D eigenvalue weighted by molar-refractivity contribution is 5.78. The van der Waals surface area contributed by atoms with Crippen molar-refractivity contribution in [2.75, 3.05) is 6.54 Å². The van der Waals surface area contributed by atoms with Gasteiger partial charge in [-0.1, -0.05) is 0 Å². The summed E-state index contributed by atoms with van der Waals surface area (Å²) in [6.45, 7) is 3.19. The van der Waals surface area contributed by atoms with Crippen LogP contribution >= 0.6 is 0 Å². The fraction of sp³-hybridized carbons (Fsp3) is 0.545. The molecule has 1 aliphatic heterocycles. The van der Waals surface area contributed by atoms with Gasteiger partial charge in [0.25, 0.3) is 0 Å². The second-order valence-electron chi connectivity index (χ2n) is 4.18. The van der Waals surface area contributed by atoms with Gasteiger partial charge in [-0.2, -0.15) is 0 Å². The Kier molecular flexibility index (Phi) is 2.52. The van der Waals surface area contributed by atoms with Crippen molar-refractivity contribution in [2.24, 2.45) is 0 Å². The largest absolute Gasteiger partial charge is 0.480 e. The molecule has 0 aromatic carbocycles. The van der Waals surface area contributed by atoms with Crippen molar-refractivity contribution in [3.63, 3.8) is 0 Å². The van der Waals surface area contributed by atoms with Gasteiger partial charge in [0.15, 0.2) is 0 Å². The molecule has 0 spiro atoms. The average molecular weight is 209 g/mol. The number of likely N-dealkylation sites (tertiary alicyclic amines) is 1. The molecular weight excluding hydrogens is 194 g/mol. The molecule has 82 valence electrons. The summed E-state index contributed by atoms with van der Waals surface area (Å²) in [5, 5.41) is 9.20. The Morgan fingerprint density at radius 3 is 3.13 bits per heavy atom. The molecule has 0 aliphatic carbocycles. The molecule has 1 aromatic heterocycles. The maximum absolute atomic E-state index is 11.2. The Hall–Kier alpha value is -1.29. The van der Waals surface area contributed by atoms with Crippen LogP contribution < -0.4 is 0 Å². The van der Waals surface area contributed by atoms with Crippen molar-refractivity contribution in [3.8, 4) is 0 Å². The van der Waals surface area contributed by atoms with Crippen molar-refractivity contribution in [3.05, 3.63) is 24.2 Å². The SMILES string of the molecule is CC1(C(=O)O)CCCN1Cc1ccco1. The summed E-state index contributed by atoms with van der Waals surface area (Å²) in [5.74, 6) is 0.0796. The van der Waals surface area contributed by atoms with Crippen LogP contribution in [0.1, 0.15) is 25.5 Å². The Balaban J connectivity index is 2.12. The summed E-state index contributed by atoms with van der Waals surface area (Å²) < 4.78 is 5.23. The predicted octanol–water partition coefficient (Wildman–Crippen LogP) is 1.72. The number of carboxylic acid groups (broad SMARTS) is 1. The second kappa shape index (κ2) is 3.70. The lowest BCUT2D eigenvalue weighted by Crippen LogP contribution is -2.47. The molecule has 1 saturated heterocycles. The smallest absolute Gasteiger partial charge is 0.323 e. The first-order valence-corrected chi connectivity index (χ1v) is 5.14. The number of hydrogen-bond donors (Lipinski definition) is 1. The molecule has 1 fully saturated rings. The van der Waals surface area contributed by atoms with Crippen LogP contribution in [-0.4, -0.2) is 28.1 Å². The zero-order chi connectivity index (χ0) is 10.9. The van der Waals surface area contributed by atoms with Crippen LogP contribution in [0.25, 0.3) is 0 Å². The zero-order valence-electron chi connectivity index (χ0n) is 8.77. The van der Waals surface area contributed by atoms with E-state index in [0.29, 0.717) is 13.0 Å². The summed E-state index contributed by atoms with van der Waals surface area (Å²) in [6.07, 6.45) is 3.26. The molecule has 0 saturated carbocycles. The zero-order valence-corrected chi connectivity index (χ0v) is 8.77. The average Bonchev–Trinajstić information content (AvgIpc) is 2.78. The van der Waals surface area contributed by atoms with Crippen molar-refractivity contribution < 1.29 is 14.3 Å². The highest BCUT2D eigenvalue weighted by atomic mass is 16.4. The van der Waals surface area contributed by atoms with Crippen LogP contribution in [0.5, 0.6) is 0 Å². The van der Waals surface area contributed by atoms with E-state index in [-0.39, 0.29) is 0 Å². The van der Waals surface area contributed by atoms with Gasteiger partial charge in [-0.3, -0.25) is 9.69 Å². The minimum atomic E-state index is -0.744. The van der Waals surface area contributed by atoms with E-state index in [0.717, 1.165) is 18.7 Å². The summed E-state index contributed by atoms with van der Waals surface area (Å²) in [7, 11) is 0. The third-order valence-electron chi connectivity index (χ3n) is 3.18. The van der Waals surface area contributed by atoms with Crippen molar-refractivity contribution in [2.45, 2.75) is 31.8 Å². The van der Waals surface area contributed by atoms with Gasteiger partial charge in [0.1, 0.15) is 11.3 Å². The molecular formula is C11H15NO3. The van der Waals surface area contributed by atoms with Crippen LogP contribution in [-0.2, 0) is 11.3 Å². The number of hydrogen-bond acceptors (Lipinski definition) is 3. The first-order chi connectivity index (χ1) is 7.13. The summed E-state index contributed by atoms with van der Waals surface area (Å²) >= 11 is 0. The van der Waals surface area contributed by atoms with Crippen molar-refractivity contribution >= 4 is 5.97 Å². The Morgan fingerprint density at radius 1 is 1.73 bits per heavy atom. The van der Waals surface area contributed by atoms with Gasteiger partial charge in [0, 0.05) is 0 Å². The maximum atomic E-state index is 11.2. The van der Waals surface area contributed by atoms with Crippen LogP contribution in [0.15, 0.2) is 22.8 Å².